The fourth-order valence-electron chi connectivity index (χ4n) is 2.42. The first-order valence-corrected chi connectivity index (χ1v) is 5.57. The molecule has 0 saturated heterocycles. The Bertz CT molecular complexity index is 251. The Labute approximate surface area is 81.4 Å². The molecule has 0 heterocycles. The Morgan fingerprint density at radius 1 is 1.31 bits per heavy atom. The highest BCUT2D eigenvalue weighted by Gasteiger charge is 2.34. The van der Waals surface area contributed by atoms with Crippen LogP contribution in [0.15, 0.2) is 12.2 Å². The van der Waals surface area contributed by atoms with Crippen molar-refractivity contribution in [3.63, 3.8) is 0 Å². The Hall–Kier alpha value is -0.700. The van der Waals surface area contributed by atoms with Crippen molar-refractivity contribution in [3.05, 3.63) is 12.2 Å². The number of hydrogen-bond donors (Lipinski definition) is 0. The first-order chi connectivity index (χ1) is 6.40. The van der Waals surface area contributed by atoms with E-state index in [2.05, 4.69) is 30.9 Å². The van der Waals surface area contributed by atoms with Crippen LogP contribution >= 0.6 is 0 Å². The van der Waals surface area contributed by atoms with Crippen LogP contribution < -0.4 is 0 Å². The quantitative estimate of drug-likeness (QED) is 0.342. The fourth-order valence-corrected chi connectivity index (χ4v) is 2.42. The molecule has 2 bridgehead atoms. The van der Waals surface area contributed by atoms with Crippen LogP contribution in [0.25, 0.3) is 0 Å². The summed E-state index contributed by atoms with van der Waals surface area (Å²) in [4.78, 5) is 0. The third-order valence-corrected chi connectivity index (χ3v) is 3.22. The van der Waals surface area contributed by atoms with Crippen molar-refractivity contribution in [1.29, 1.82) is 0 Å². The van der Waals surface area contributed by atoms with E-state index in [0.717, 1.165) is 18.3 Å². The molecule has 0 nitrogen and oxygen atoms in total. The van der Waals surface area contributed by atoms with E-state index in [0.29, 0.717) is 5.92 Å². The maximum atomic E-state index is 3.45. The molecule has 70 valence electrons. The van der Waals surface area contributed by atoms with Gasteiger partial charge in [-0.25, -0.2) is 0 Å². The molecule has 2 aliphatic carbocycles. The van der Waals surface area contributed by atoms with E-state index in [1.165, 1.54) is 25.7 Å². The third-order valence-electron chi connectivity index (χ3n) is 3.22. The molecule has 3 atom stereocenters. The van der Waals surface area contributed by atoms with Crippen LogP contribution in [-0.2, 0) is 0 Å². The maximum absolute atomic E-state index is 3.45. The molecule has 0 heteroatoms. The van der Waals surface area contributed by atoms with E-state index >= 15 is 0 Å². The summed E-state index contributed by atoms with van der Waals surface area (Å²) in [6.07, 6.45) is 11.1. The van der Waals surface area contributed by atoms with E-state index in [4.69, 9.17) is 0 Å². The molecule has 1 fully saturated rings. The molecular formula is C13H18. The molecule has 1 saturated carbocycles. The molecule has 0 N–H and O–H groups in total. The molecule has 0 aliphatic heterocycles. The lowest BCUT2D eigenvalue weighted by Gasteiger charge is -2.09. The van der Waals surface area contributed by atoms with Crippen molar-refractivity contribution in [1.82, 2.24) is 0 Å². The van der Waals surface area contributed by atoms with Crippen LogP contribution in [0.4, 0.5) is 0 Å². The van der Waals surface area contributed by atoms with Crippen molar-refractivity contribution in [2.24, 2.45) is 17.8 Å². The highest BCUT2D eigenvalue weighted by Crippen LogP contribution is 2.42. The topological polar surface area (TPSA) is 0 Å². The predicted octanol–water partition coefficient (Wildman–Crippen LogP) is 3.39. The summed E-state index contributed by atoms with van der Waals surface area (Å²) in [5.41, 5.74) is 0. The van der Waals surface area contributed by atoms with E-state index in [9.17, 15) is 0 Å². The van der Waals surface area contributed by atoms with Gasteiger partial charge in [0.25, 0.3) is 0 Å². The zero-order valence-corrected chi connectivity index (χ0v) is 8.42. The average Bonchev–Trinajstić information content (AvgIpc) is 2.73. The second-order valence-electron chi connectivity index (χ2n) is 4.31. The highest BCUT2D eigenvalue weighted by molar-refractivity contribution is 5.18. The van der Waals surface area contributed by atoms with E-state index in [1.54, 1.807) is 0 Å². The van der Waals surface area contributed by atoms with Gasteiger partial charge in [-0.3, -0.25) is 0 Å². The van der Waals surface area contributed by atoms with Crippen LogP contribution in [0.1, 0.15) is 39.0 Å². The first-order valence-electron chi connectivity index (χ1n) is 5.57. The summed E-state index contributed by atoms with van der Waals surface area (Å²) in [5, 5.41) is 0. The van der Waals surface area contributed by atoms with Gasteiger partial charge in [0.05, 0.1) is 0 Å². The van der Waals surface area contributed by atoms with Gasteiger partial charge in [0, 0.05) is 12.3 Å². The van der Waals surface area contributed by atoms with Crippen molar-refractivity contribution in [2.75, 3.05) is 0 Å². The minimum absolute atomic E-state index is 0.701. The van der Waals surface area contributed by atoms with Gasteiger partial charge in [0.2, 0.25) is 0 Å². The summed E-state index contributed by atoms with van der Waals surface area (Å²) in [5.74, 6) is 9.15. The van der Waals surface area contributed by atoms with E-state index in [-0.39, 0.29) is 0 Å². The molecule has 0 radical (unpaired) electrons. The number of fused-ring (bicyclic) bond motifs is 2. The van der Waals surface area contributed by atoms with Gasteiger partial charge in [0.1, 0.15) is 0 Å². The molecule has 0 aromatic heterocycles. The molecule has 2 rings (SSSR count). The molecule has 3 unspecified atom stereocenters. The minimum atomic E-state index is 0.701. The van der Waals surface area contributed by atoms with Gasteiger partial charge in [-0.05, 0) is 31.1 Å². The Morgan fingerprint density at radius 2 is 2.23 bits per heavy atom. The van der Waals surface area contributed by atoms with Crippen LogP contribution in [0, 0.1) is 29.6 Å². The van der Waals surface area contributed by atoms with Crippen LogP contribution in [0.3, 0.4) is 0 Å². The second-order valence-corrected chi connectivity index (χ2v) is 4.31. The normalized spacial score (nSPS) is 34.7. The maximum Gasteiger partial charge on any atom is 0.0271 e. The first kappa shape index (κ1) is 8.88. The van der Waals surface area contributed by atoms with Crippen molar-refractivity contribution in [3.8, 4) is 11.8 Å². The Morgan fingerprint density at radius 3 is 2.85 bits per heavy atom. The summed E-state index contributed by atoms with van der Waals surface area (Å²) < 4.78 is 0. The van der Waals surface area contributed by atoms with Crippen LogP contribution in [0.2, 0.25) is 0 Å². The summed E-state index contributed by atoms with van der Waals surface area (Å²) in [6.45, 7) is 2.22. The van der Waals surface area contributed by atoms with Crippen molar-refractivity contribution < 1.29 is 0 Å². The SMILES string of the molecule is CCCCC#CC1CC2C=CC1C2. The van der Waals surface area contributed by atoms with Gasteiger partial charge < -0.3 is 0 Å². The average molecular weight is 174 g/mol. The van der Waals surface area contributed by atoms with Crippen LogP contribution in [-0.4, -0.2) is 0 Å². The molecule has 0 spiro atoms. The molecule has 0 amide bonds. The number of rotatable bonds is 2. The smallest absolute Gasteiger partial charge is 0.0271 e. The van der Waals surface area contributed by atoms with Gasteiger partial charge in [0.15, 0.2) is 0 Å². The lowest BCUT2D eigenvalue weighted by atomic mass is 9.94. The zero-order chi connectivity index (χ0) is 9.10. The van der Waals surface area contributed by atoms with E-state index in [1.807, 2.05) is 0 Å². The standard InChI is InChI=1S/C13H18/c1-2-3-4-5-6-12-9-11-7-8-13(12)10-11/h7-8,11-13H,2-4,9-10H2,1H3. The summed E-state index contributed by atoms with van der Waals surface area (Å²) >= 11 is 0. The monoisotopic (exact) mass is 174 g/mol. The molecule has 0 aromatic carbocycles. The molecule has 13 heavy (non-hydrogen) atoms. The molecular weight excluding hydrogens is 156 g/mol. The van der Waals surface area contributed by atoms with Crippen molar-refractivity contribution >= 4 is 0 Å². The lowest BCUT2D eigenvalue weighted by molar-refractivity contribution is 0.568. The highest BCUT2D eigenvalue weighted by atomic mass is 14.4. The minimum Gasteiger partial charge on any atom is -0.103 e. The largest absolute Gasteiger partial charge is 0.103 e. The summed E-state index contributed by atoms with van der Waals surface area (Å²) in [6, 6.07) is 0. The van der Waals surface area contributed by atoms with Gasteiger partial charge in [-0.2, -0.15) is 0 Å². The Kier molecular flexibility index (Phi) is 2.74. The van der Waals surface area contributed by atoms with Crippen LogP contribution in [0.5, 0.6) is 0 Å². The van der Waals surface area contributed by atoms with Gasteiger partial charge in [-0.15, -0.1) is 5.92 Å². The number of hydrogen-bond acceptors (Lipinski definition) is 0. The zero-order valence-electron chi connectivity index (χ0n) is 8.42. The third kappa shape index (κ3) is 1.97. The number of unbranched alkanes of at least 4 members (excludes halogenated alkanes) is 2. The number of allylic oxidation sites excluding steroid dienone is 2. The predicted molar refractivity (Wildman–Crippen MR) is 56.1 cm³/mol. The molecule has 2 aliphatic rings. The van der Waals surface area contributed by atoms with Crippen molar-refractivity contribution in [2.45, 2.75) is 39.0 Å². The lowest BCUT2D eigenvalue weighted by Crippen LogP contribution is -2.03. The van der Waals surface area contributed by atoms with Gasteiger partial charge >= 0.3 is 0 Å². The second kappa shape index (κ2) is 4.01. The summed E-state index contributed by atoms with van der Waals surface area (Å²) in [7, 11) is 0. The van der Waals surface area contributed by atoms with Gasteiger partial charge in [-0.1, -0.05) is 31.4 Å². The fraction of sp³-hybridized carbons (Fsp3) is 0.692. The van der Waals surface area contributed by atoms with E-state index < -0.39 is 0 Å². The molecule has 0 aromatic rings. The Balaban J connectivity index is 1.82.